The number of nitrogens with one attached hydrogen (secondary N) is 1. The molecule has 1 N–H and O–H groups in total. The van der Waals surface area contributed by atoms with Crippen LogP contribution in [0.4, 0.5) is 0 Å². The fraction of sp³-hybridized carbons (Fsp3) is 0.167. The Morgan fingerprint density at radius 3 is 2.40 bits per heavy atom. The first-order valence-electron chi connectivity index (χ1n) is 4.78. The minimum Gasteiger partial charge on any atom is -0.309 e. The fourth-order valence-electron chi connectivity index (χ4n) is 1.60. The molecule has 1 heterocycles. The van der Waals surface area contributed by atoms with Gasteiger partial charge in [-0.25, -0.2) is 0 Å². The first-order chi connectivity index (χ1) is 7.31. The second kappa shape index (κ2) is 4.92. The molecule has 0 saturated carbocycles. The Morgan fingerprint density at radius 2 is 1.87 bits per heavy atom. The molecule has 1 unspecified atom stereocenters. The zero-order valence-electron chi connectivity index (χ0n) is 8.41. The van der Waals surface area contributed by atoms with E-state index < -0.39 is 0 Å². The van der Waals surface area contributed by atoms with Crippen molar-refractivity contribution in [3.8, 4) is 0 Å². The zero-order chi connectivity index (χ0) is 10.7. The summed E-state index contributed by atoms with van der Waals surface area (Å²) in [6, 6.07) is 15.0. The van der Waals surface area contributed by atoms with E-state index in [0.717, 1.165) is 0 Å². The van der Waals surface area contributed by atoms with Gasteiger partial charge in [0.05, 0.1) is 9.83 Å². The lowest BCUT2D eigenvalue weighted by molar-refractivity contribution is 0.704. The summed E-state index contributed by atoms with van der Waals surface area (Å²) in [5.41, 5.74) is 1.30. The third kappa shape index (κ3) is 2.48. The highest BCUT2D eigenvalue weighted by Crippen LogP contribution is 2.30. The van der Waals surface area contributed by atoms with Crippen LogP contribution in [-0.4, -0.2) is 7.05 Å². The Balaban J connectivity index is 2.33. The van der Waals surface area contributed by atoms with E-state index in [4.69, 9.17) is 0 Å². The second-order valence-corrected chi connectivity index (χ2v) is 5.77. The number of rotatable bonds is 3. The molecule has 0 bridgehead atoms. The Labute approximate surface area is 102 Å². The number of benzene rings is 1. The van der Waals surface area contributed by atoms with Crippen molar-refractivity contribution in [2.75, 3.05) is 7.05 Å². The van der Waals surface area contributed by atoms with Crippen LogP contribution in [0.2, 0.25) is 0 Å². The Kier molecular flexibility index (Phi) is 3.57. The Hall–Kier alpha value is -0.640. The van der Waals surface area contributed by atoms with Crippen LogP contribution in [0, 0.1) is 0 Å². The summed E-state index contributed by atoms with van der Waals surface area (Å²) in [4.78, 5) is 1.33. The highest BCUT2D eigenvalue weighted by atomic mass is 79.9. The van der Waals surface area contributed by atoms with Crippen LogP contribution in [0.3, 0.4) is 0 Å². The van der Waals surface area contributed by atoms with Crippen LogP contribution in [0.25, 0.3) is 0 Å². The third-order valence-electron chi connectivity index (χ3n) is 2.30. The van der Waals surface area contributed by atoms with Gasteiger partial charge in [-0.3, -0.25) is 0 Å². The maximum absolute atomic E-state index is 3.49. The van der Waals surface area contributed by atoms with Crippen LogP contribution in [0.1, 0.15) is 16.5 Å². The van der Waals surface area contributed by atoms with E-state index in [-0.39, 0.29) is 0 Å². The van der Waals surface area contributed by atoms with E-state index in [1.54, 1.807) is 11.3 Å². The van der Waals surface area contributed by atoms with E-state index in [2.05, 4.69) is 57.6 Å². The van der Waals surface area contributed by atoms with E-state index in [1.807, 2.05) is 13.1 Å². The highest BCUT2D eigenvalue weighted by Gasteiger charge is 2.12. The van der Waals surface area contributed by atoms with Gasteiger partial charge >= 0.3 is 0 Å². The first-order valence-corrected chi connectivity index (χ1v) is 6.39. The van der Waals surface area contributed by atoms with E-state index in [1.165, 1.54) is 14.2 Å². The summed E-state index contributed by atoms with van der Waals surface area (Å²) in [6.07, 6.45) is 0. The molecule has 3 heteroatoms. The summed E-state index contributed by atoms with van der Waals surface area (Å²) in [5, 5.41) is 3.34. The molecule has 0 saturated heterocycles. The van der Waals surface area contributed by atoms with Gasteiger partial charge in [0, 0.05) is 4.88 Å². The lowest BCUT2D eigenvalue weighted by Gasteiger charge is -2.14. The van der Waals surface area contributed by atoms with Gasteiger partial charge in [-0.1, -0.05) is 30.3 Å². The van der Waals surface area contributed by atoms with Gasteiger partial charge in [-0.15, -0.1) is 11.3 Å². The predicted octanol–water partition coefficient (Wildman–Crippen LogP) is 3.82. The molecule has 1 nitrogen and oxygen atoms in total. The van der Waals surface area contributed by atoms with Gasteiger partial charge in [0.1, 0.15) is 0 Å². The van der Waals surface area contributed by atoms with E-state index >= 15 is 0 Å². The molecule has 1 aromatic carbocycles. The van der Waals surface area contributed by atoms with Crippen LogP contribution in [0.15, 0.2) is 46.3 Å². The molecule has 1 aromatic heterocycles. The van der Waals surface area contributed by atoms with Crippen molar-refractivity contribution in [1.29, 1.82) is 0 Å². The number of hydrogen-bond acceptors (Lipinski definition) is 2. The first kappa shape index (κ1) is 10.9. The lowest BCUT2D eigenvalue weighted by atomic mass is 10.1. The molecule has 0 aliphatic heterocycles. The molecule has 2 aromatic rings. The number of thiophene rings is 1. The molecule has 0 aliphatic carbocycles. The van der Waals surface area contributed by atoms with Gasteiger partial charge in [0.2, 0.25) is 0 Å². The van der Waals surface area contributed by atoms with Crippen molar-refractivity contribution in [1.82, 2.24) is 5.32 Å². The summed E-state index contributed by atoms with van der Waals surface area (Å²) in [7, 11) is 1.99. The topological polar surface area (TPSA) is 12.0 Å². The van der Waals surface area contributed by atoms with Gasteiger partial charge in [0.15, 0.2) is 0 Å². The average molecular weight is 282 g/mol. The molecule has 0 aliphatic rings. The van der Waals surface area contributed by atoms with Gasteiger partial charge < -0.3 is 5.32 Å². The molecule has 2 rings (SSSR count). The minimum atomic E-state index is 0.294. The molecule has 78 valence electrons. The van der Waals surface area contributed by atoms with Crippen molar-refractivity contribution in [3.63, 3.8) is 0 Å². The lowest BCUT2D eigenvalue weighted by Crippen LogP contribution is -2.16. The van der Waals surface area contributed by atoms with Crippen LogP contribution in [0.5, 0.6) is 0 Å². The zero-order valence-corrected chi connectivity index (χ0v) is 10.8. The minimum absolute atomic E-state index is 0.294. The van der Waals surface area contributed by atoms with E-state index in [9.17, 15) is 0 Å². The van der Waals surface area contributed by atoms with Crippen molar-refractivity contribution >= 4 is 27.3 Å². The van der Waals surface area contributed by atoms with Gasteiger partial charge in [-0.2, -0.15) is 0 Å². The maximum Gasteiger partial charge on any atom is 0.0702 e. The van der Waals surface area contributed by atoms with Crippen molar-refractivity contribution < 1.29 is 0 Å². The quantitative estimate of drug-likeness (QED) is 0.902. The van der Waals surface area contributed by atoms with Crippen LogP contribution < -0.4 is 5.32 Å². The Morgan fingerprint density at radius 1 is 1.13 bits per heavy atom. The standard InChI is InChI=1S/C12H12BrNS/c1-14-12(9-5-3-2-4-6-9)10-7-8-11(13)15-10/h2-8,12,14H,1H3. The van der Waals surface area contributed by atoms with Crippen LogP contribution >= 0.6 is 27.3 Å². The molecular weight excluding hydrogens is 270 g/mol. The smallest absolute Gasteiger partial charge is 0.0702 e. The van der Waals surface area contributed by atoms with Gasteiger partial charge in [-0.05, 0) is 40.7 Å². The molecule has 0 radical (unpaired) electrons. The monoisotopic (exact) mass is 281 g/mol. The normalized spacial score (nSPS) is 12.7. The molecular formula is C12H12BrNS. The fourth-order valence-corrected chi connectivity index (χ4v) is 3.16. The molecule has 1 atom stereocenters. The summed E-state index contributed by atoms with van der Waals surface area (Å²) < 4.78 is 1.17. The van der Waals surface area contributed by atoms with Crippen molar-refractivity contribution in [3.05, 3.63) is 56.7 Å². The van der Waals surface area contributed by atoms with Gasteiger partial charge in [0.25, 0.3) is 0 Å². The molecule has 0 amide bonds. The average Bonchev–Trinajstić information content (AvgIpc) is 2.68. The van der Waals surface area contributed by atoms with Crippen molar-refractivity contribution in [2.45, 2.75) is 6.04 Å². The maximum atomic E-state index is 3.49. The molecule has 15 heavy (non-hydrogen) atoms. The third-order valence-corrected chi connectivity index (χ3v) is 3.99. The van der Waals surface area contributed by atoms with Crippen LogP contribution in [-0.2, 0) is 0 Å². The molecule has 0 spiro atoms. The number of halogens is 1. The highest BCUT2D eigenvalue weighted by molar-refractivity contribution is 9.11. The second-order valence-electron chi connectivity index (χ2n) is 3.27. The largest absolute Gasteiger partial charge is 0.309 e. The Bertz CT molecular complexity index is 424. The van der Waals surface area contributed by atoms with Crippen molar-refractivity contribution in [2.24, 2.45) is 0 Å². The summed E-state index contributed by atoms with van der Waals surface area (Å²) in [5.74, 6) is 0. The summed E-state index contributed by atoms with van der Waals surface area (Å²) >= 11 is 5.26. The number of hydrogen-bond donors (Lipinski definition) is 1. The van der Waals surface area contributed by atoms with E-state index in [0.29, 0.717) is 6.04 Å². The summed E-state index contributed by atoms with van der Waals surface area (Å²) in [6.45, 7) is 0. The SMILES string of the molecule is CNC(c1ccccc1)c1ccc(Br)s1. The predicted molar refractivity (Wildman–Crippen MR) is 69.4 cm³/mol. The molecule has 0 fully saturated rings.